The monoisotopic (exact) mass is 591 g/mol. The zero-order valence-corrected chi connectivity index (χ0v) is 23.4. The van der Waals surface area contributed by atoms with E-state index >= 15 is 0 Å². The molecule has 1 fully saturated rings. The molecule has 2 aromatic heterocycles. The lowest BCUT2D eigenvalue weighted by Crippen LogP contribution is -2.44. The van der Waals surface area contributed by atoms with Gasteiger partial charge in [-0.2, -0.15) is 13.2 Å². The average molecular weight is 592 g/mol. The number of carbonyl (C=O) groups is 3. The quantitative estimate of drug-likeness (QED) is 0.177. The number of fused-ring (bicyclic) bond motifs is 1. The Morgan fingerprint density at radius 2 is 1.70 bits per heavy atom. The molecule has 5 rings (SSSR count). The van der Waals surface area contributed by atoms with Crippen molar-refractivity contribution in [3.8, 4) is 22.4 Å². The maximum absolute atomic E-state index is 12.7. The van der Waals surface area contributed by atoms with Crippen LogP contribution in [0.3, 0.4) is 0 Å². The molecule has 12 heteroatoms. The summed E-state index contributed by atoms with van der Waals surface area (Å²) in [5, 5.41) is 3.17. The van der Waals surface area contributed by atoms with Crippen LogP contribution in [0.5, 0.6) is 0 Å². The summed E-state index contributed by atoms with van der Waals surface area (Å²) in [6.07, 6.45) is -3.14. The van der Waals surface area contributed by atoms with Crippen molar-refractivity contribution in [3.05, 3.63) is 78.5 Å². The Morgan fingerprint density at radius 3 is 2.35 bits per heavy atom. The van der Waals surface area contributed by atoms with Crippen molar-refractivity contribution in [1.29, 1.82) is 0 Å². The van der Waals surface area contributed by atoms with Gasteiger partial charge in [-0.25, -0.2) is 14.6 Å². The number of piperazine rings is 1. The van der Waals surface area contributed by atoms with Crippen molar-refractivity contribution in [3.63, 3.8) is 0 Å². The number of amides is 1. The maximum Gasteiger partial charge on any atom is 0.491 e. The molecule has 0 saturated carbocycles. The Bertz CT molecular complexity index is 1720. The van der Waals surface area contributed by atoms with Crippen LogP contribution in [0, 0.1) is 6.92 Å². The average Bonchev–Trinajstić information content (AvgIpc) is 3.37. The Balaban J connectivity index is 1.61. The highest BCUT2D eigenvalue weighted by molar-refractivity contribution is 6.07. The van der Waals surface area contributed by atoms with E-state index in [1.54, 1.807) is 12.1 Å². The third-order valence-corrected chi connectivity index (χ3v) is 7.30. The van der Waals surface area contributed by atoms with Gasteiger partial charge < -0.3 is 24.8 Å². The van der Waals surface area contributed by atoms with Crippen LogP contribution in [0.15, 0.2) is 67.4 Å². The Hall–Kier alpha value is -4.97. The lowest BCUT2D eigenvalue weighted by atomic mass is 9.96. The molecular formula is C31H28F3N5O4. The second-order valence-electron chi connectivity index (χ2n) is 10.2. The van der Waals surface area contributed by atoms with Gasteiger partial charge in [0.25, 0.3) is 0 Å². The summed E-state index contributed by atoms with van der Waals surface area (Å²) in [6.45, 7) is 9.02. The number of halogens is 3. The van der Waals surface area contributed by atoms with Crippen LogP contribution < -0.4 is 10.2 Å². The summed E-state index contributed by atoms with van der Waals surface area (Å²) in [5.74, 6) is -4.50. The first-order chi connectivity index (χ1) is 20.4. The van der Waals surface area contributed by atoms with Crippen LogP contribution in [0.4, 0.5) is 24.5 Å². The molecule has 4 aromatic rings. The highest BCUT2D eigenvalue weighted by atomic mass is 19.4. The zero-order valence-electron chi connectivity index (χ0n) is 23.4. The fraction of sp³-hybridized carbons (Fsp3) is 0.226. The standard InChI is InChI=1S/C31H28F3N5O4/c1-4-25(40)36-24-16-20(6-5-18(24)2)26-23-15-21(29(41)43-30(42)31(32,33)34)17-35-28(23)37-27(26)19-7-9-22(10-8-19)39-13-11-38(3)12-14-39/h4-10,15-17H,1,11-14H2,2-3H3,(H,35,37)(H,36,40). The number of rotatable bonds is 6. The molecule has 1 amide bonds. The SMILES string of the molecule is C=CC(=O)Nc1cc(-c2c(-c3ccc(N4CCN(C)CC4)cc3)[nH]c3ncc(C(=O)OC(=O)C(F)(F)F)cc23)ccc1C. The number of alkyl halides is 3. The predicted octanol–water partition coefficient (Wildman–Crippen LogP) is 5.33. The smallest absolute Gasteiger partial charge is 0.383 e. The molecule has 2 aromatic carbocycles. The number of hydrogen-bond acceptors (Lipinski definition) is 7. The van der Waals surface area contributed by atoms with E-state index in [9.17, 15) is 27.6 Å². The number of esters is 2. The number of aromatic amines is 1. The number of carbonyl (C=O) groups excluding carboxylic acids is 3. The van der Waals surface area contributed by atoms with E-state index in [0.717, 1.165) is 55.3 Å². The number of aromatic nitrogens is 2. The maximum atomic E-state index is 12.7. The number of likely N-dealkylation sites (N-methyl/N-ethyl adjacent to an activating group) is 1. The lowest BCUT2D eigenvalue weighted by molar-refractivity contribution is -0.193. The number of ether oxygens (including phenoxy) is 1. The summed E-state index contributed by atoms with van der Waals surface area (Å²) in [6, 6.07) is 14.6. The topological polar surface area (TPSA) is 108 Å². The van der Waals surface area contributed by atoms with E-state index in [2.05, 4.69) is 43.4 Å². The molecule has 222 valence electrons. The number of pyridine rings is 1. The minimum absolute atomic E-state index is 0.338. The summed E-state index contributed by atoms with van der Waals surface area (Å²) < 4.78 is 42.2. The summed E-state index contributed by atoms with van der Waals surface area (Å²) in [4.78, 5) is 47.9. The van der Waals surface area contributed by atoms with Crippen molar-refractivity contribution in [2.45, 2.75) is 13.1 Å². The molecule has 0 atom stereocenters. The number of aryl methyl sites for hydroxylation is 1. The first-order valence-electron chi connectivity index (χ1n) is 13.4. The lowest BCUT2D eigenvalue weighted by Gasteiger charge is -2.34. The molecular weight excluding hydrogens is 563 g/mol. The normalized spacial score (nSPS) is 14.0. The minimum atomic E-state index is -5.33. The second-order valence-corrected chi connectivity index (χ2v) is 10.2. The van der Waals surface area contributed by atoms with E-state index in [0.29, 0.717) is 33.5 Å². The van der Waals surface area contributed by atoms with Crippen LogP contribution in [0.2, 0.25) is 0 Å². The van der Waals surface area contributed by atoms with Gasteiger partial charge in [0.1, 0.15) is 5.65 Å². The van der Waals surface area contributed by atoms with Crippen molar-refractivity contribution in [2.75, 3.05) is 43.4 Å². The molecule has 0 radical (unpaired) electrons. The van der Waals surface area contributed by atoms with Gasteiger partial charge in [0.2, 0.25) is 5.91 Å². The van der Waals surface area contributed by atoms with Gasteiger partial charge in [0, 0.05) is 54.7 Å². The van der Waals surface area contributed by atoms with Crippen molar-refractivity contribution < 1.29 is 32.3 Å². The number of anilines is 2. The largest absolute Gasteiger partial charge is 0.491 e. The molecule has 0 unspecified atom stereocenters. The summed E-state index contributed by atoms with van der Waals surface area (Å²) >= 11 is 0. The van der Waals surface area contributed by atoms with E-state index < -0.39 is 24.0 Å². The third kappa shape index (κ3) is 6.28. The molecule has 43 heavy (non-hydrogen) atoms. The summed E-state index contributed by atoms with van der Waals surface area (Å²) in [7, 11) is 2.09. The second kappa shape index (κ2) is 11.7. The molecule has 1 saturated heterocycles. The number of nitrogens with one attached hydrogen (secondary N) is 2. The first-order valence-corrected chi connectivity index (χ1v) is 13.4. The molecule has 1 aliphatic heterocycles. The van der Waals surface area contributed by atoms with E-state index in [1.165, 1.54) is 6.07 Å². The van der Waals surface area contributed by atoms with Crippen LogP contribution in [-0.2, 0) is 14.3 Å². The highest BCUT2D eigenvalue weighted by Gasteiger charge is 2.42. The Labute approximate surface area is 245 Å². The van der Waals surface area contributed by atoms with Gasteiger partial charge >= 0.3 is 18.1 Å². The number of hydrogen-bond donors (Lipinski definition) is 2. The molecule has 0 bridgehead atoms. The van der Waals surface area contributed by atoms with Gasteiger partial charge in [-0.05, 0) is 61.0 Å². The van der Waals surface area contributed by atoms with Gasteiger partial charge in [0.05, 0.1) is 11.3 Å². The Kier molecular flexibility index (Phi) is 8.05. The Morgan fingerprint density at radius 1 is 1.02 bits per heavy atom. The van der Waals surface area contributed by atoms with Gasteiger partial charge in [-0.3, -0.25) is 4.79 Å². The fourth-order valence-electron chi connectivity index (χ4n) is 4.90. The van der Waals surface area contributed by atoms with Gasteiger partial charge in [-0.15, -0.1) is 0 Å². The van der Waals surface area contributed by atoms with Crippen molar-refractivity contribution in [1.82, 2.24) is 14.9 Å². The van der Waals surface area contributed by atoms with Crippen LogP contribution >= 0.6 is 0 Å². The molecule has 0 aliphatic carbocycles. The van der Waals surface area contributed by atoms with Crippen molar-refractivity contribution in [2.24, 2.45) is 0 Å². The predicted molar refractivity (Wildman–Crippen MR) is 157 cm³/mol. The minimum Gasteiger partial charge on any atom is -0.383 e. The van der Waals surface area contributed by atoms with Crippen LogP contribution in [-0.4, -0.2) is 72.1 Å². The van der Waals surface area contributed by atoms with E-state index in [-0.39, 0.29) is 5.56 Å². The molecule has 9 nitrogen and oxygen atoms in total. The van der Waals surface area contributed by atoms with Gasteiger partial charge in [0.15, 0.2) is 0 Å². The fourth-order valence-corrected chi connectivity index (χ4v) is 4.90. The van der Waals surface area contributed by atoms with E-state index in [4.69, 9.17) is 0 Å². The number of nitrogens with zero attached hydrogens (tertiary/aromatic N) is 3. The molecule has 0 spiro atoms. The zero-order chi connectivity index (χ0) is 30.9. The molecule has 2 N–H and O–H groups in total. The first kappa shape index (κ1) is 29.5. The highest BCUT2D eigenvalue weighted by Crippen LogP contribution is 2.40. The summed E-state index contributed by atoms with van der Waals surface area (Å²) in [5.41, 5.74) is 5.02. The molecule has 3 heterocycles. The number of benzene rings is 2. The third-order valence-electron chi connectivity index (χ3n) is 7.30. The number of H-pyrrole nitrogens is 1. The molecule has 1 aliphatic rings. The van der Waals surface area contributed by atoms with Crippen LogP contribution in [0.1, 0.15) is 15.9 Å². The van der Waals surface area contributed by atoms with Crippen molar-refractivity contribution >= 4 is 40.3 Å². The van der Waals surface area contributed by atoms with Gasteiger partial charge in [-0.1, -0.05) is 30.8 Å². The van der Waals surface area contributed by atoms with E-state index in [1.807, 2.05) is 37.3 Å². The van der Waals surface area contributed by atoms with Crippen LogP contribution in [0.25, 0.3) is 33.4 Å².